The highest BCUT2D eigenvalue weighted by atomic mass is 32.1. The fraction of sp³-hybridized carbons (Fsp3) is 0.333. The zero-order chi connectivity index (χ0) is 14.7. The lowest BCUT2D eigenvalue weighted by Gasteiger charge is -1.98. The quantitative estimate of drug-likeness (QED) is 0.872. The van der Waals surface area contributed by atoms with Crippen LogP contribution in [0.2, 0.25) is 0 Å². The lowest BCUT2D eigenvalue weighted by molar-refractivity contribution is 0.0691. The van der Waals surface area contributed by atoms with Gasteiger partial charge in [-0.05, 0) is 5.92 Å². The highest BCUT2D eigenvalue weighted by Crippen LogP contribution is 2.14. The van der Waals surface area contributed by atoms with Gasteiger partial charge in [-0.15, -0.1) is 11.3 Å². The summed E-state index contributed by atoms with van der Waals surface area (Å²) in [7, 11) is 0. The maximum absolute atomic E-state index is 11.8. The number of rotatable bonds is 5. The molecular formula is C12H13N3O4S. The van der Waals surface area contributed by atoms with Crippen LogP contribution in [0.1, 0.15) is 51.5 Å². The summed E-state index contributed by atoms with van der Waals surface area (Å²) in [4.78, 5) is 26.4. The Hall–Kier alpha value is -2.22. The van der Waals surface area contributed by atoms with E-state index < -0.39 is 11.9 Å². The van der Waals surface area contributed by atoms with Crippen molar-refractivity contribution in [3.63, 3.8) is 0 Å². The highest BCUT2D eigenvalue weighted by Gasteiger charge is 2.15. The second kappa shape index (κ2) is 5.83. The summed E-state index contributed by atoms with van der Waals surface area (Å²) >= 11 is 1.17. The van der Waals surface area contributed by atoms with Crippen LogP contribution in [-0.4, -0.2) is 27.1 Å². The number of hydrogen-bond donors (Lipinski definition) is 2. The molecule has 0 radical (unpaired) electrons. The lowest BCUT2D eigenvalue weighted by atomic mass is 10.1. The molecule has 0 bridgehead atoms. The number of nitrogens with one attached hydrogen (secondary N) is 1. The summed E-state index contributed by atoms with van der Waals surface area (Å²) in [6.07, 6.45) is 0. The Morgan fingerprint density at radius 3 is 2.80 bits per heavy atom. The number of carboxylic acid groups (broad SMARTS) is 1. The van der Waals surface area contributed by atoms with Gasteiger partial charge in [-0.1, -0.05) is 19.0 Å². The monoisotopic (exact) mass is 295 g/mol. The fourth-order valence-corrected chi connectivity index (χ4v) is 2.11. The van der Waals surface area contributed by atoms with E-state index in [0.717, 1.165) is 0 Å². The molecule has 2 N–H and O–H groups in total. The van der Waals surface area contributed by atoms with E-state index in [-0.39, 0.29) is 23.9 Å². The Kier molecular flexibility index (Phi) is 4.14. The van der Waals surface area contributed by atoms with Gasteiger partial charge in [-0.25, -0.2) is 9.78 Å². The minimum Gasteiger partial charge on any atom is -0.476 e. The van der Waals surface area contributed by atoms with Gasteiger partial charge in [0.05, 0.1) is 12.2 Å². The van der Waals surface area contributed by atoms with Crippen LogP contribution in [0.25, 0.3) is 0 Å². The molecule has 0 aliphatic rings. The van der Waals surface area contributed by atoms with Crippen LogP contribution < -0.4 is 5.32 Å². The molecule has 0 spiro atoms. The van der Waals surface area contributed by atoms with E-state index in [1.165, 1.54) is 16.7 Å². The average molecular weight is 295 g/mol. The number of aromatic nitrogens is 2. The molecule has 1 amide bonds. The topological polar surface area (TPSA) is 105 Å². The van der Waals surface area contributed by atoms with Crippen molar-refractivity contribution in [3.05, 3.63) is 33.6 Å². The predicted molar refractivity (Wildman–Crippen MR) is 70.8 cm³/mol. The summed E-state index contributed by atoms with van der Waals surface area (Å²) in [5, 5.41) is 17.1. The first-order valence-corrected chi connectivity index (χ1v) is 6.78. The van der Waals surface area contributed by atoms with Crippen molar-refractivity contribution in [3.8, 4) is 0 Å². The fourth-order valence-electron chi connectivity index (χ4n) is 1.40. The van der Waals surface area contributed by atoms with Gasteiger partial charge in [0.1, 0.15) is 5.01 Å². The standard InChI is InChI=1S/C12H13N3O4S/c1-6(2)7-3-9(19-15-7)11(16)13-4-10-14-8(5-20-10)12(17)18/h3,5-6H,4H2,1-2H3,(H,13,16)(H,17,18). The molecule has 7 nitrogen and oxygen atoms in total. The number of carbonyl (C=O) groups is 2. The predicted octanol–water partition coefficient (Wildman–Crippen LogP) is 1.88. The summed E-state index contributed by atoms with van der Waals surface area (Å²) < 4.78 is 4.95. The van der Waals surface area contributed by atoms with Gasteiger partial charge in [0.15, 0.2) is 5.69 Å². The van der Waals surface area contributed by atoms with E-state index in [0.29, 0.717) is 10.7 Å². The van der Waals surface area contributed by atoms with Gasteiger partial charge in [-0.3, -0.25) is 4.79 Å². The molecule has 0 unspecified atom stereocenters. The minimum atomic E-state index is -1.09. The first kappa shape index (κ1) is 14.2. The Labute approximate surface area is 118 Å². The van der Waals surface area contributed by atoms with Gasteiger partial charge >= 0.3 is 5.97 Å². The van der Waals surface area contributed by atoms with E-state index in [1.807, 2.05) is 13.8 Å². The Balaban J connectivity index is 1.95. The molecule has 0 fully saturated rings. The number of carbonyl (C=O) groups excluding carboxylic acids is 1. The maximum atomic E-state index is 11.8. The third-order valence-electron chi connectivity index (χ3n) is 2.51. The number of nitrogens with zero attached hydrogens (tertiary/aromatic N) is 2. The molecule has 2 heterocycles. The van der Waals surface area contributed by atoms with Crippen molar-refractivity contribution in [1.29, 1.82) is 0 Å². The Bertz CT molecular complexity index is 632. The molecular weight excluding hydrogens is 282 g/mol. The van der Waals surface area contributed by atoms with Crippen LogP contribution in [0.5, 0.6) is 0 Å². The van der Waals surface area contributed by atoms with Crippen molar-refractivity contribution in [2.45, 2.75) is 26.3 Å². The van der Waals surface area contributed by atoms with Gasteiger partial charge in [-0.2, -0.15) is 0 Å². The molecule has 0 saturated carbocycles. The van der Waals surface area contributed by atoms with Gasteiger partial charge in [0, 0.05) is 11.4 Å². The summed E-state index contributed by atoms with van der Waals surface area (Å²) in [5.41, 5.74) is 0.679. The Morgan fingerprint density at radius 1 is 1.50 bits per heavy atom. The summed E-state index contributed by atoms with van der Waals surface area (Å²) in [6, 6.07) is 1.59. The first-order chi connectivity index (χ1) is 9.47. The van der Waals surface area contributed by atoms with E-state index in [4.69, 9.17) is 9.63 Å². The van der Waals surface area contributed by atoms with E-state index in [9.17, 15) is 9.59 Å². The Morgan fingerprint density at radius 2 is 2.25 bits per heavy atom. The van der Waals surface area contributed by atoms with Crippen LogP contribution >= 0.6 is 11.3 Å². The second-order valence-corrected chi connectivity index (χ2v) is 5.33. The van der Waals surface area contributed by atoms with Crippen LogP contribution in [0.4, 0.5) is 0 Å². The third kappa shape index (κ3) is 3.21. The third-order valence-corrected chi connectivity index (χ3v) is 3.36. The summed E-state index contributed by atoms with van der Waals surface area (Å²) in [5.74, 6) is -1.19. The highest BCUT2D eigenvalue weighted by molar-refractivity contribution is 7.09. The van der Waals surface area contributed by atoms with Gasteiger partial charge in [0.25, 0.3) is 5.91 Å². The first-order valence-electron chi connectivity index (χ1n) is 5.90. The molecule has 0 aliphatic heterocycles. The average Bonchev–Trinajstić information content (AvgIpc) is 3.05. The lowest BCUT2D eigenvalue weighted by Crippen LogP contribution is -2.22. The van der Waals surface area contributed by atoms with Crippen molar-refractivity contribution in [2.75, 3.05) is 0 Å². The molecule has 0 aromatic carbocycles. The van der Waals surface area contributed by atoms with Gasteiger partial charge in [0.2, 0.25) is 5.76 Å². The van der Waals surface area contributed by atoms with Crippen LogP contribution in [0, 0.1) is 0 Å². The molecule has 0 saturated heterocycles. The number of amides is 1. The molecule has 8 heteroatoms. The van der Waals surface area contributed by atoms with Crippen LogP contribution in [0.3, 0.4) is 0 Å². The molecule has 2 aromatic heterocycles. The SMILES string of the molecule is CC(C)c1cc(C(=O)NCc2nc(C(=O)O)cs2)on1. The van der Waals surface area contributed by atoms with E-state index in [1.54, 1.807) is 6.07 Å². The molecule has 20 heavy (non-hydrogen) atoms. The number of aromatic carboxylic acids is 1. The molecule has 106 valence electrons. The zero-order valence-electron chi connectivity index (χ0n) is 10.9. The molecule has 0 atom stereocenters. The van der Waals surface area contributed by atoms with E-state index >= 15 is 0 Å². The minimum absolute atomic E-state index is 0.0268. The van der Waals surface area contributed by atoms with Crippen molar-refractivity contribution >= 4 is 23.2 Å². The number of thiazole rings is 1. The normalized spacial score (nSPS) is 10.8. The van der Waals surface area contributed by atoms with Crippen LogP contribution in [0.15, 0.2) is 16.0 Å². The van der Waals surface area contributed by atoms with E-state index in [2.05, 4.69) is 15.5 Å². The van der Waals surface area contributed by atoms with Gasteiger partial charge < -0.3 is 14.9 Å². The smallest absolute Gasteiger partial charge is 0.355 e. The van der Waals surface area contributed by atoms with Crippen molar-refractivity contribution in [2.24, 2.45) is 0 Å². The van der Waals surface area contributed by atoms with Crippen LogP contribution in [-0.2, 0) is 6.54 Å². The molecule has 0 aliphatic carbocycles. The van der Waals surface area contributed by atoms with Crippen molar-refractivity contribution < 1.29 is 19.2 Å². The molecule has 2 rings (SSSR count). The largest absolute Gasteiger partial charge is 0.476 e. The zero-order valence-corrected chi connectivity index (χ0v) is 11.7. The number of hydrogen-bond acceptors (Lipinski definition) is 6. The summed E-state index contributed by atoms with van der Waals surface area (Å²) in [6.45, 7) is 4.04. The molecule has 2 aromatic rings. The van der Waals surface area contributed by atoms with Crippen molar-refractivity contribution in [1.82, 2.24) is 15.5 Å². The number of carboxylic acids is 1. The maximum Gasteiger partial charge on any atom is 0.355 e. The second-order valence-electron chi connectivity index (χ2n) is 4.39.